The lowest BCUT2D eigenvalue weighted by Gasteiger charge is -2.18. The second kappa shape index (κ2) is 10.9. The van der Waals surface area contributed by atoms with Crippen molar-refractivity contribution in [2.75, 3.05) is 0 Å². The van der Waals surface area contributed by atoms with Crippen LogP contribution in [0.1, 0.15) is 0 Å². The van der Waals surface area contributed by atoms with Gasteiger partial charge in [-0.1, -0.05) is 121 Å². The number of thiophene rings is 1. The zero-order valence-electron chi connectivity index (χ0n) is 28.4. The first kappa shape index (κ1) is 29.0. The molecule has 0 saturated heterocycles. The van der Waals surface area contributed by atoms with Gasteiger partial charge in [0, 0.05) is 41.9 Å². The normalized spacial score (nSPS) is 12.2. The fourth-order valence-electron chi connectivity index (χ4n) is 8.74. The fourth-order valence-corrected chi connectivity index (χ4v) is 9.88. The Hall–Kier alpha value is -6.68. The van der Waals surface area contributed by atoms with Crippen LogP contribution < -0.4 is 0 Å². The predicted octanol–water partition coefficient (Wildman–Crippen LogP) is 15.2. The predicted molar refractivity (Wildman–Crippen MR) is 225 cm³/mol. The highest BCUT2D eigenvalue weighted by Gasteiger charge is 2.21. The van der Waals surface area contributed by atoms with Crippen molar-refractivity contribution in [3.63, 3.8) is 0 Å². The first-order valence-electron chi connectivity index (χ1n) is 18.0. The lowest BCUT2D eigenvalue weighted by atomic mass is 9.85. The van der Waals surface area contributed by atoms with E-state index in [-0.39, 0.29) is 0 Å². The number of hydrogen-bond acceptors (Lipinski definition) is 3. The molecule has 0 amide bonds. The Morgan fingerprint density at radius 3 is 1.81 bits per heavy atom. The molecule has 0 spiro atoms. The van der Waals surface area contributed by atoms with E-state index in [9.17, 15) is 0 Å². The Balaban J connectivity index is 1.07. The number of rotatable bonds is 3. The third-order valence-electron chi connectivity index (χ3n) is 11.1. The molecular formula is C50H28O2S. The summed E-state index contributed by atoms with van der Waals surface area (Å²) in [5.41, 5.74) is 9.69. The van der Waals surface area contributed by atoms with Gasteiger partial charge in [0.15, 0.2) is 0 Å². The van der Waals surface area contributed by atoms with Crippen LogP contribution in [0.5, 0.6) is 0 Å². The maximum atomic E-state index is 6.71. The Morgan fingerprint density at radius 1 is 0.358 bits per heavy atom. The molecule has 0 bridgehead atoms. The van der Waals surface area contributed by atoms with E-state index < -0.39 is 0 Å². The van der Waals surface area contributed by atoms with Crippen molar-refractivity contribution in [3.8, 4) is 33.4 Å². The van der Waals surface area contributed by atoms with Gasteiger partial charge in [-0.05, 0) is 103 Å². The first-order chi connectivity index (χ1) is 26.3. The molecule has 0 aliphatic heterocycles. The van der Waals surface area contributed by atoms with Crippen molar-refractivity contribution in [1.29, 1.82) is 0 Å². The number of furan rings is 2. The number of fused-ring (bicyclic) bond motifs is 10. The van der Waals surface area contributed by atoms with Crippen molar-refractivity contribution in [2.24, 2.45) is 0 Å². The van der Waals surface area contributed by atoms with Gasteiger partial charge in [0.25, 0.3) is 0 Å². The maximum Gasteiger partial charge on any atom is 0.136 e. The van der Waals surface area contributed by atoms with Gasteiger partial charge in [-0.3, -0.25) is 0 Å². The molecule has 12 aromatic rings. The maximum absolute atomic E-state index is 6.71. The summed E-state index contributed by atoms with van der Waals surface area (Å²) in [6.45, 7) is 0. The minimum Gasteiger partial charge on any atom is -0.464 e. The molecule has 0 unspecified atom stereocenters. The van der Waals surface area contributed by atoms with Crippen molar-refractivity contribution >= 4 is 96.7 Å². The first-order valence-corrected chi connectivity index (χ1v) is 18.8. The van der Waals surface area contributed by atoms with Crippen LogP contribution in [0.4, 0.5) is 0 Å². The highest BCUT2D eigenvalue weighted by molar-refractivity contribution is 7.26. The molecule has 0 fully saturated rings. The molecule has 3 heteroatoms. The summed E-state index contributed by atoms with van der Waals surface area (Å²) >= 11 is 1.87. The van der Waals surface area contributed by atoms with E-state index in [4.69, 9.17) is 8.83 Å². The summed E-state index contributed by atoms with van der Waals surface area (Å²) in [7, 11) is 0. The van der Waals surface area contributed by atoms with Crippen LogP contribution >= 0.6 is 11.3 Å². The molecule has 2 nitrogen and oxygen atoms in total. The molecule has 0 radical (unpaired) electrons. The molecule has 0 N–H and O–H groups in total. The fraction of sp³-hybridized carbons (Fsp3) is 0. The van der Waals surface area contributed by atoms with Crippen LogP contribution in [0.25, 0.3) is 119 Å². The van der Waals surface area contributed by atoms with Gasteiger partial charge >= 0.3 is 0 Å². The molecule has 246 valence electrons. The molecule has 12 rings (SSSR count). The van der Waals surface area contributed by atoms with Gasteiger partial charge in [-0.25, -0.2) is 0 Å². The molecular weight excluding hydrogens is 665 g/mol. The number of hydrogen-bond donors (Lipinski definition) is 0. The SMILES string of the molecule is c1ccc2cc(-c3coc4cc5c(cc34)oc3cc(-c4c6ccccc6c(-c6cccc7sc8ccccc8c67)c6ccccc46)ccc35)ccc2c1. The summed E-state index contributed by atoms with van der Waals surface area (Å²) in [5, 5.41) is 13.2. The molecule has 0 aliphatic carbocycles. The summed E-state index contributed by atoms with van der Waals surface area (Å²) in [4.78, 5) is 0. The third kappa shape index (κ3) is 4.20. The van der Waals surface area contributed by atoms with E-state index in [1.807, 2.05) is 17.6 Å². The smallest absolute Gasteiger partial charge is 0.136 e. The van der Waals surface area contributed by atoms with Gasteiger partial charge in [0.05, 0.1) is 6.26 Å². The third-order valence-corrected chi connectivity index (χ3v) is 12.3. The monoisotopic (exact) mass is 692 g/mol. The molecule has 0 saturated carbocycles. The summed E-state index contributed by atoms with van der Waals surface area (Å²) in [5.74, 6) is 0. The summed E-state index contributed by atoms with van der Waals surface area (Å²) in [6.07, 6.45) is 1.87. The average molecular weight is 693 g/mol. The molecule has 3 heterocycles. The van der Waals surface area contributed by atoms with E-state index in [1.165, 1.54) is 69.2 Å². The van der Waals surface area contributed by atoms with Crippen molar-refractivity contribution < 1.29 is 8.83 Å². The van der Waals surface area contributed by atoms with Crippen LogP contribution in [-0.2, 0) is 0 Å². The zero-order chi connectivity index (χ0) is 34.6. The highest BCUT2D eigenvalue weighted by Crippen LogP contribution is 2.48. The highest BCUT2D eigenvalue weighted by atomic mass is 32.1. The summed E-state index contributed by atoms with van der Waals surface area (Å²) < 4.78 is 15.5. The number of benzene rings is 9. The Bertz CT molecular complexity index is 3410. The van der Waals surface area contributed by atoms with Crippen LogP contribution in [0, 0.1) is 0 Å². The zero-order valence-corrected chi connectivity index (χ0v) is 29.2. The van der Waals surface area contributed by atoms with Crippen LogP contribution in [0.3, 0.4) is 0 Å². The van der Waals surface area contributed by atoms with Crippen molar-refractivity contribution in [3.05, 3.63) is 170 Å². The lowest BCUT2D eigenvalue weighted by Crippen LogP contribution is -1.91. The van der Waals surface area contributed by atoms with Crippen LogP contribution in [-0.4, -0.2) is 0 Å². The molecule has 0 aliphatic rings. The van der Waals surface area contributed by atoms with E-state index in [0.29, 0.717) is 0 Å². The van der Waals surface area contributed by atoms with E-state index in [0.717, 1.165) is 49.6 Å². The van der Waals surface area contributed by atoms with E-state index in [1.54, 1.807) is 0 Å². The minimum absolute atomic E-state index is 0.855. The summed E-state index contributed by atoms with van der Waals surface area (Å²) in [6, 6.07) is 59.3. The largest absolute Gasteiger partial charge is 0.464 e. The van der Waals surface area contributed by atoms with Gasteiger partial charge in [0.1, 0.15) is 16.7 Å². The van der Waals surface area contributed by atoms with Gasteiger partial charge in [0.2, 0.25) is 0 Å². The molecule has 3 aromatic heterocycles. The topological polar surface area (TPSA) is 26.3 Å². The average Bonchev–Trinajstić information content (AvgIpc) is 3.91. The Kier molecular flexibility index (Phi) is 5.96. The van der Waals surface area contributed by atoms with Gasteiger partial charge in [-0.2, -0.15) is 0 Å². The van der Waals surface area contributed by atoms with Crippen LogP contribution in [0.2, 0.25) is 0 Å². The molecule has 53 heavy (non-hydrogen) atoms. The minimum atomic E-state index is 0.855. The Morgan fingerprint density at radius 2 is 1.00 bits per heavy atom. The quantitative estimate of drug-likeness (QED) is 0.172. The van der Waals surface area contributed by atoms with Gasteiger partial charge in [-0.15, -0.1) is 11.3 Å². The lowest BCUT2D eigenvalue weighted by molar-refractivity contribution is 0.617. The van der Waals surface area contributed by atoms with Crippen molar-refractivity contribution in [2.45, 2.75) is 0 Å². The second-order valence-electron chi connectivity index (χ2n) is 14.0. The Labute approximate surface area is 307 Å². The van der Waals surface area contributed by atoms with Crippen LogP contribution in [0.15, 0.2) is 179 Å². The second-order valence-corrected chi connectivity index (χ2v) is 15.1. The molecule has 0 atom stereocenters. The van der Waals surface area contributed by atoms with Crippen molar-refractivity contribution in [1.82, 2.24) is 0 Å². The van der Waals surface area contributed by atoms with E-state index >= 15 is 0 Å². The van der Waals surface area contributed by atoms with Gasteiger partial charge < -0.3 is 8.83 Å². The molecule has 9 aromatic carbocycles. The standard InChI is InChI=1S/C50H28O2S/c1-2-11-30-24-31(21-20-29(30)10-1)42-28-51-43-26-40-33-23-22-32(25-44(33)52-45(40)27-41(42)43)48-34-12-3-5-14-36(34)49(37-15-6-4-13-35(37)48)39-17-9-19-47-50(39)38-16-7-8-18-46(38)53-47/h1-28H. The van der Waals surface area contributed by atoms with E-state index in [2.05, 4.69) is 164 Å².